The highest BCUT2D eigenvalue weighted by molar-refractivity contribution is 6.41. The van der Waals surface area contributed by atoms with E-state index in [2.05, 4.69) is 22.2 Å². The van der Waals surface area contributed by atoms with Gasteiger partial charge >= 0.3 is 0 Å². The van der Waals surface area contributed by atoms with Crippen LogP contribution in [-0.4, -0.2) is 14.5 Å². The van der Waals surface area contributed by atoms with Crippen LogP contribution >= 0.6 is 23.2 Å². The minimum absolute atomic E-state index is 0.548. The van der Waals surface area contributed by atoms with Crippen molar-refractivity contribution in [3.05, 3.63) is 39.5 Å². The van der Waals surface area contributed by atoms with Gasteiger partial charge in [0.05, 0.1) is 11.6 Å². The predicted molar refractivity (Wildman–Crippen MR) is 78.9 cm³/mol. The van der Waals surface area contributed by atoms with E-state index in [4.69, 9.17) is 23.2 Å². The molecule has 0 bridgehead atoms. The highest BCUT2D eigenvalue weighted by atomic mass is 35.5. The van der Waals surface area contributed by atoms with Crippen molar-refractivity contribution in [1.29, 1.82) is 0 Å². The number of aryl methyl sites for hydroxylation is 2. The summed E-state index contributed by atoms with van der Waals surface area (Å²) in [5, 5.41) is 4.38. The average Bonchev–Trinajstić information content (AvgIpc) is 2.63. The van der Waals surface area contributed by atoms with E-state index in [-0.39, 0.29) is 0 Å². The molecular formula is C13H16Cl2N4. The Morgan fingerprint density at radius 3 is 2.58 bits per heavy atom. The maximum absolute atomic E-state index is 6.03. The lowest BCUT2D eigenvalue weighted by molar-refractivity contribution is 0.838. The highest BCUT2D eigenvalue weighted by Gasteiger charge is 2.09. The third kappa shape index (κ3) is 3.19. The number of nitrogens with zero attached hydrogens (tertiary/aromatic N) is 3. The molecule has 0 spiro atoms. The summed E-state index contributed by atoms with van der Waals surface area (Å²) >= 11 is 12.0. The second-order valence-corrected chi connectivity index (χ2v) is 5.10. The van der Waals surface area contributed by atoms with Crippen LogP contribution in [0.1, 0.15) is 24.1 Å². The van der Waals surface area contributed by atoms with Gasteiger partial charge in [-0.3, -0.25) is 0 Å². The number of anilines is 1. The van der Waals surface area contributed by atoms with Crippen molar-refractivity contribution in [3.63, 3.8) is 0 Å². The second-order valence-electron chi connectivity index (χ2n) is 4.33. The van der Waals surface area contributed by atoms with Crippen LogP contribution in [0.15, 0.2) is 12.1 Å². The van der Waals surface area contributed by atoms with E-state index in [1.807, 2.05) is 30.7 Å². The minimum atomic E-state index is 0.548. The van der Waals surface area contributed by atoms with Gasteiger partial charge in [0.25, 0.3) is 0 Å². The summed E-state index contributed by atoms with van der Waals surface area (Å²) in [4.78, 5) is 8.70. The summed E-state index contributed by atoms with van der Waals surface area (Å²) in [5.74, 6) is 1.59. The molecule has 0 aliphatic heterocycles. The molecule has 0 atom stereocenters. The van der Waals surface area contributed by atoms with Crippen molar-refractivity contribution in [2.24, 2.45) is 7.05 Å². The fourth-order valence-corrected chi connectivity index (χ4v) is 2.26. The Bertz CT molecular complexity index is 593. The lowest BCUT2D eigenvalue weighted by atomic mass is 10.3. The van der Waals surface area contributed by atoms with Gasteiger partial charge in [0.2, 0.25) is 0 Å². The summed E-state index contributed by atoms with van der Waals surface area (Å²) in [6.45, 7) is 4.57. The highest BCUT2D eigenvalue weighted by Crippen LogP contribution is 2.25. The van der Waals surface area contributed by atoms with E-state index >= 15 is 0 Å². The van der Waals surface area contributed by atoms with Gasteiger partial charge in [-0.1, -0.05) is 30.1 Å². The van der Waals surface area contributed by atoms with Crippen LogP contribution in [0.2, 0.25) is 10.2 Å². The second kappa shape index (κ2) is 5.80. The van der Waals surface area contributed by atoms with Gasteiger partial charge in [-0.25, -0.2) is 9.97 Å². The molecule has 102 valence electrons. The number of aromatic nitrogens is 3. The first-order valence-electron chi connectivity index (χ1n) is 6.09. The topological polar surface area (TPSA) is 42.7 Å². The van der Waals surface area contributed by atoms with Crippen molar-refractivity contribution in [3.8, 4) is 0 Å². The molecule has 0 radical (unpaired) electrons. The number of halogens is 2. The molecule has 0 aliphatic carbocycles. The molecule has 6 heteroatoms. The van der Waals surface area contributed by atoms with Crippen molar-refractivity contribution in [1.82, 2.24) is 14.5 Å². The lowest BCUT2D eigenvalue weighted by Gasteiger charge is -2.09. The molecule has 19 heavy (non-hydrogen) atoms. The van der Waals surface area contributed by atoms with Gasteiger partial charge in [0.1, 0.15) is 16.8 Å². The van der Waals surface area contributed by atoms with E-state index in [0.29, 0.717) is 16.7 Å². The monoisotopic (exact) mass is 298 g/mol. The summed E-state index contributed by atoms with van der Waals surface area (Å²) in [6.07, 6.45) is 0.889. The summed E-state index contributed by atoms with van der Waals surface area (Å²) in [5.41, 5.74) is 2.03. The predicted octanol–water partition coefficient (Wildman–Crippen LogP) is 3.60. The Kier molecular flexibility index (Phi) is 4.32. The maximum atomic E-state index is 6.03. The molecule has 0 unspecified atom stereocenters. The van der Waals surface area contributed by atoms with Crippen LogP contribution in [0.4, 0.5) is 5.82 Å². The molecule has 0 aromatic carbocycles. The van der Waals surface area contributed by atoms with Crippen molar-refractivity contribution < 1.29 is 0 Å². The molecular weight excluding hydrogens is 283 g/mol. The van der Waals surface area contributed by atoms with E-state index in [1.165, 1.54) is 0 Å². The van der Waals surface area contributed by atoms with Crippen LogP contribution < -0.4 is 5.32 Å². The Morgan fingerprint density at radius 2 is 2.00 bits per heavy atom. The van der Waals surface area contributed by atoms with Crippen molar-refractivity contribution in [2.75, 3.05) is 5.32 Å². The Labute approximate surface area is 122 Å². The number of hydrogen-bond donors (Lipinski definition) is 1. The molecule has 0 saturated carbocycles. The number of nitrogens with one attached hydrogen (secondary N) is 1. The third-order valence-corrected chi connectivity index (χ3v) is 3.76. The molecule has 0 saturated heterocycles. The molecule has 0 fully saturated rings. The van der Waals surface area contributed by atoms with Gasteiger partial charge in [0.15, 0.2) is 0 Å². The zero-order valence-corrected chi connectivity index (χ0v) is 12.7. The van der Waals surface area contributed by atoms with Crippen LogP contribution in [0.25, 0.3) is 0 Å². The minimum Gasteiger partial charge on any atom is -0.364 e. The van der Waals surface area contributed by atoms with E-state index in [1.54, 1.807) is 0 Å². The Balaban J connectivity index is 2.14. The summed E-state index contributed by atoms with van der Waals surface area (Å²) in [6, 6.07) is 3.81. The van der Waals surface area contributed by atoms with Gasteiger partial charge in [-0.2, -0.15) is 0 Å². The van der Waals surface area contributed by atoms with Crippen molar-refractivity contribution in [2.45, 2.75) is 26.8 Å². The smallest absolute Gasteiger partial charge is 0.130 e. The van der Waals surface area contributed by atoms with Crippen molar-refractivity contribution >= 4 is 29.0 Å². The van der Waals surface area contributed by atoms with Gasteiger partial charge in [-0.05, 0) is 19.4 Å². The van der Waals surface area contributed by atoms with Crippen LogP contribution in [0.3, 0.4) is 0 Å². The molecule has 2 aromatic heterocycles. The fraction of sp³-hybridized carbons (Fsp3) is 0.385. The van der Waals surface area contributed by atoms with E-state index in [9.17, 15) is 0 Å². The first-order chi connectivity index (χ1) is 9.01. The average molecular weight is 299 g/mol. The van der Waals surface area contributed by atoms with Crippen LogP contribution in [-0.2, 0) is 20.0 Å². The van der Waals surface area contributed by atoms with Gasteiger partial charge in [-0.15, -0.1) is 0 Å². The molecule has 1 N–H and O–H groups in total. The molecule has 0 aliphatic rings. The zero-order valence-electron chi connectivity index (χ0n) is 11.2. The van der Waals surface area contributed by atoms with Gasteiger partial charge < -0.3 is 9.88 Å². The van der Waals surface area contributed by atoms with Crippen LogP contribution in [0, 0.1) is 6.92 Å². The Hall–Kier alpha value is -1.26. The van der Waals surface area contributed by atoms with Gasteiger partial charge in [0, 0.05) is 24.5 Å². The quantitative estimate of drug-likeness (QED) is 0.938. The molecule has 2 aromatic rings. The molecule has 4 nitrogen and oxygen atoms in total. The molecule has 2 rings (SSSR count). The fourth-order valence-electron chi connectivity index (χ4n) is 1.84. The normalized spacial score (nSPS) is 10.8. The van der Waals surface area contributed by atoms with Crippen LogP contribution in [0.5, 0.6) is 0 Å². The molecule has 0 amide bonds. The first kappa shape index (κ1) is 14.2. The largest absolute Gasteiger partial charge is 0.364 e. The zero-order chi connectivity index (χ0) is 14.0. The van der Waals surface area contributed by atoms with E-state index < -0.39 is 0 Å². The number of hydrogen-bond acceptors (Lipinski definition) is 3. The maximum Gasteiger partial charge on any atom is 0.130 e. The number of rotatable bonds is 4. The third-order valence-electron chi connectivity index (χ3n) is 2.92. The Morgan fingerprint density at radius 1 is 1.26 bits per heavy atom. The summed E-state index contributed by atoms with van der Waals surface area (Å²) in [7, 11) is 1.88. The molecule has 2 heterocycles. The standard InChI is InChI=1S/C13H16Cl2N4/c1-4-9-5-12(18-8(2)17-9)16-7-10-6-11(14)13(15)19(10)3/h5-6H,4,7H2,1-3H3,(H,16,17,18). The summed E-state index contributed by atoms with van der Waals surface area (Å²) < 4.78 is 1.85. The van der Waals surface area contributed by atoms with E-state index in [0.717, 1.165) is 29.5 Å². The first-order valence-corrected chi connectivity index (χ1v) is 6.85. The SMILES string of the molecule is CCc1cc(NCc2cc(Cl)c(Cl)n2C)nc(C)n1. The lowest BCUT2D eigenvalue weighted by Crippen LogP contribution is -2.07.